The number of ether oxygens (including phenoxy) is 3. The highest BCUT2D eigenvalue weighted by Gasteiger charge is 2.26. The van der Waals surface area contributed by atoms with E-state index < -0.39 is 6.04 Å². The van der Waals surface area contributed by atoms with Crippen LogP contribution in [0, 0.1) is 5.92 Å². The molecule has 0 aromatic heterocycles. The monoisotopic (exact) mass is 350 g/mol. The molecular weight excluding hydrogens is 324 g/mol. The zero-order chi connectivity index (χ0) is 18.1. The predicted octanol–water partition coefficient (Wildman–Crippen LogP) is 1.71. The van der Waals surface area contributed by atoms with Gasteiger partial charge in [-0.25, -0.2) is 0 Å². The molecular formula is C18H26N2O5. The topological polar surface area (TPSA) is 99.9 Å². The molecule has 0 aliphatic carbocycles. The lowest BCUT2D eigenvalue weighted by atomic mass is 9.92. The lowest BCUT2D eigenvalue weighted by Crippen LogP contribution is -2.43. The zero-order valence-electron chi connectivity index (χ0n) is 14.5. The fraction of sp³-hybridized carbons (Fsp3) is 0.556. The van der Waals surface area contributed by atoms with Crippen molar-refractivity contribution in [1.29, 1.82) is 0 Å². The summed E-state index contributed by atoms with van der Waals surface area (Å²) in [6, 6.07) is 6.55. The number of benzene rings is 1. The van der Waals surface area contributed by atoms with Crippen molar-refractivity contribution in [3.63, 3.8) is 0 Å². The first kappa shape index (κ1) is 19.2. The Bertz CT molecular complexity index is 555. The number of nitrogens with one attached hydrogen (secondary N) is 1. The highest BCUT2D eigenvalue weighted by atomic mass is 16.5. The Morgan fingerprint density at radius 2 is 1.96 bits per heavy atom. The summed E-state index contributed by atoms with van der Waals surface area (Å²) in [5.41, 5.74) is 6.73. The van der Waals surface area contributed by atoms with E-state index >= 15 is 0 Å². The molecule has 7 nitrogen and oxygen atoms in total. The van der Waals surface area contributed by atoms with Crippen LogP contribution in [0.5, 0.6) is 5.75 Å². The van der Waals surface area contributed by atoms with E-state index in [0.717, 1.165) is 12.8 Å². The van der Waals surface area contributed by atoms with Gasteiger partial charge in [0.05, 0.1) is 19.8 Å². The number of hydrogen-bond acceptors (Lipinski definition) is 6. The molecule has 2 rings (SSSR count). The van der Waals surface area contributed by atoms with Crippen molar-refractivity contribution in [3.8, 4) is 5.75 Å². The summed E-state index contributed by atoms with van der Waals surface area (Å²) >= 11 is 0. The molecule has 1 aromatic rings. The van der Waals surface area contributed by atoms with Crippen molar-refractivity contribution < 1.29 is 23.8 Å². The highest BCUT2D eigenvalue weighted by Crippen LogP contribution is 2.20. The molecule has 1 aromatic carbocycles. The van der Waals surface area contributed by atoms with Crippen LogP contribution in [0.3, 0.4) is 0 Å². The van der Waals surface area contributed by atoms with Crippen LogP contribution in [0.4, 0.5) is 5.69 Å². The molecule has 1 unspecified atom stereocenters. The van der Waals surface area contributed by atoms with Gasteiger partial charge in [-0.2, -0.15) is 0 Å². The molecule has 0 bridgehead atoms. The Morgan fingerprint density at radius 1 is 1.28 bits per heavy atom. The van der Waals surface area contributed by atoms with Gasteiger partial charge in [-0.1, -0.05) is 0 Å². The standard InChI is InChI=1S/C18H26N2O5/c1-23-16(21)3-2-10-25-15-6-4-14(5-7-15)20-18(22)17(19)13-8-11-24-12-9-13/h4-7,13,17H,2-3,8-12,19H2,1H3,(H,20,22). The number of carbonyl (C=O) groups excluding carboxylic acids is 2. The van der Waals surface area contributed by atoms with Crippen LogP contribution in [0.1, 0.15) is 25.7 Å². The van der Waals surface area contributed by atoms with Gasteiger partial charge in [0.2, 0.25) is 5.91 Å². The predicted molar refractivity (Wildman–Crippen MR) is 93.3 cm³/mol. The summed E-state index contributed by atoms with van der Waals surface area (Å²) in [4.78, 5) is 23.3. The van der Waals surface area contributed by atoms with Gasteiger partial charge in [0, 0.05) is 25.3 Å². The molecule has 1 aliphatic rings. The van der Waals surface area contributed by atoms with Crippen molar-refractivity contribution in [2.45, 2.75) is 31.7 Å². The van der Waals surface area contributed by atoms with Crippen molar-refractivity contribution in [2.24, 2.45) is 11.7 Å². The second-order valence-electron chi connectivity index (χ2n) is 6.02. The van der Waals surface area contributed by atoms with Crippen LogP contribution in [-0.2, 0) is 19.1 Å². The summed E-state index contributed by atoms with van der Waals surface area (Å²) in [6.45, 7) is 1.75. The summed E-state index contributed by atoms with van der Waals surface area (Å²) in [7, 11) is 1.37. The van der Waals surface area contributed by atoms with E-state index in [4.69, 9.17) is 15.2 Å². The largest absolute Gasteiger partial charge is 0.494 e. The number of anilines is 1. The normalized spacial score (nSPS) is 16.1. The van der Waals surface area contributed by atoms with Crippen LogP contribution in [0.15, 0.2) is 24.3 Å². The van der Waals surface area contributed by atoms with Gasteiger partial charge in [0.1, 0.15) is 5.75 Å². The highest BCUT2D eigenvalue weighted by molar-refractivity contribution is 5.94. The van der Waals surface area contributed by atoms with E-state index in [1.165, 1.54) is 7.11 Å². The van der Waals surface area contributed by atoms with E-state index in [1.807, 2.05) is 0 Å². The average Bonchev–Trinajstić information content (AvgIpc) is 2.66. The Labute approximate surface area is 147 Å². The third kappa shape index (κ3) is 6.36. The maximum absolute atomic E-state index is 12.2. The van der Waals surface area contributed by atoms with Crippen molar-refractivity contribution >= 4 is 17.6 Å². The lowest BCUT2D eigenvalue weighted by Gasteiger charge is -2.26. The summed E-state index contributed by atoms with van der Waals surface area (Å²) in [6.07, 6.45) is 2.54. The minimum absolute atomic E-state index is 0.158. The molecule has 7 heteroatoms. The van der Waals surface area contributed by atoms with E-state index in [9.17, 15) is 9.59 Å². The molecule has 1 saturated heterocycles. The number of methoxy groups -OCH3 is 1. The number of esters is 1. The summed E-state index contributed by atoms with van der Waals surface area (Å²) in [5, 5.41) is 2.83. The Kier molecular flexibility index (Phi) is 7.69. The number of rotatable bonds is 8. The second kappa shape index (κ2) is 10.0. The molecule has 0 saturated carbocycles. The minimum atomic E-state index is -0.529. The Morgan fingerprint density at radius 3 is 2.60 bits per heavy atom. The summed E-state index contributed by atoms with van der Waals surface area (Å²) < 4.78 is 15.4. The van der Waals surface area contributed by atoms with Crippen LogP contribution < -0.4 is 15.8 Å². The van der Waals surface area contributed by atoms with E-state index in [-0.39, 0.29) is 17.8 Å². The molecule has 1 atom stereocenters. The molecule has 25 heavy (non-hydrogen) atoms. The van der Waals surface area contributed by atoms with Gasteiger partial charge in [-0.05, 0) is 49.4 Å². The minimum Gasteiger partial charge on any atom is -0.494 e. The molecule has 0 spiro atoms. The quantitative estimate of drug-likeness (QED) is 0.547. The lowest BCUT2D eigenvalue weighted by molar-refractivity contribution is -0.140. The molecule has 1 heterocycles. The maximum atomic E-state index is 12.2. The number of hydrogen-bond donors (Lipinski definition) is 2. The van der Waals surface area contributed by atoms with Crippen molar-refractivity contribution in [1.82, 2.24) is 0 Å². The van der Waals surface area contributed by atoms with Crippen LogP contribution in [-0.4, -0.2) is 44.8 Å². The fourth-order valence-corrected chi connectivity index (χ4v) is 2.66. The maximum Gasteiger partial charge on any atom is 0.305 e. The number of nitrogens with two attached hydrogens (primary N) is 1. The third-order valence-corrected chi connectivity index (χ3v) is 4.22. The van der Waals surface area contributed by atoms with E-state index in [2.05, 4.69) is 10.1 Å². The van der Waals surface area contributed by atoms with Crippen LogP contribution in [0.25, 0.3) is 0 Å². The van der Waals surface area contributed by atoms with E-state index in [0.29, 0.717) is 44.1 Å². The first-order valence-corrected chi connectivity index (χ1v) is 8.54. The van der Waals surface area contributed by atoms with Gasteiger partial charge in [-0.3, -0.25) is 9.59 Å². The molecule has 3 N–H and O–H groups in total. The van der Waals surface area contributed by atoms with Gasteiger partial charge >= 0.3 is 5.97 Å². The first-order valence-electron chi connectivity index (χ1n) is 8.54. The zero-order valence-corrected chi connectivity index (χ0v) is 14.5. The second-order valence-corrected chi connectivity index (χ2v) is 6.02. The van der Waals surface area contributed by atoms with Gasteiger partial charge in [0.25, 0.3) is 0 Å². The smallest absolute Gasteiger partial charge is 0.305 e. The van der Waals surface area contributed by atoms with Crippen LogP contribution in [0.2, 0.25) is 0 Å². The molecule has 1 amide bonds. The van der Waals surface area contributed by atoms with Gasteiger partial charge in [0.15, 0.2) is 0 Å². The molecule has 1 fully saturated rings. The summed E-state index contributed by atoms with van der Waals surface area (Å²) in [5.74, 6) is 0.406. The number of carbonyl (C=O) groups is 2. The fourth-order valence-electron chi connectivity index (χ4n) is 2.66. The molecule has 1 aliphatic heterocycles. The van der Waals surface area contributed by atoms with E-state index in [1.54, 1.807) is 24.3 Å². The first-order chi connectivity index (χ1) is 12.1. The van der Waals surface area contributed by atoms with Gasteiger partial charge in [-0.15, -0.1) is 0 Å². The molecule has 0 radical (unpaired) electrons. The van der Waals surface area contributed by atoms with Crippen molar-refractivity contribution in [2.75, 3.05) is 32.2 Å². The molecule has 138 valence electrons. The Hall–Kier alpha value is -2.12. The van der Waals surface area contributed by atoms with Gasteiger partial charge < -0.3 is 25.3 Å². The Balaban J connectivity index is 1.75. The third-order valence-electron chi connectivity index (χ3n) is 4.22. The van der Waals surface area contributed by atoms with Crippen molar-refractivity contribution in [3.05, 3.63) is 24.3 Å². The number of amides is 1. The van der Waals surface area contributed by atoms with Crippen LogP contribution >= 0.6 is 0 Å². The average molecular weight is 350 g/mol. The SMILES string of the molecule is COC(=O)CCCOc1ccc(NC(=O)C(N)C2CCOCC2)cc1.